The second-order valence-corrected chi connectivity index (χ2v) is 5.23. The molecule has 1 aliphatic rings. The van der Waals surface area contributed by atoms with Gasteiger partial charge in [0.05, 0.1) is 13.1 Å². The molecule has 1 saturated carbocycles. The van der Waals surface area contributed by atoms with Gasteiger partial charge >= 0.3 is 0 Å². The van der Waals surface area contributed by atoms with Crippen molar-refractivity contribution in [3.63, 3.8) is 0 Å². The van der Waals surface area contributed by atoms with Crippen LogP contribution in [0.2, 0.25) is 0 Å². The predicted octanol–water partition coefficient (Wildman–Crippen LogP) is 3.30. The minimum absolute atomic E-state index is 0. The first-order chi connectivity index (χ1) is 10.1. The second-order valence-electron chi connectivity index (χ2n) is 5.23. The minimum atomic E-state index is -2.43. The summed E-state index contributed by atoms with van der Waals surface area (Å²) in [6.45, 7) is 2.40. The van der Waals surface area contributed by atoms with Crippen molar-refractivity contribution in [2.45, 2.75) is 31.6 Å². The molecule has 22 heavy (non-hydrogen) atoms. The Balaban J connectivity index is 0.00000242. The SMILES string of the molecule is CCNC(=NCC1(c2ccccc2F)CC1)NCC(F)F.I. The van der Waals surface area contributed by atoms with E-state index in [0.717, 1.165) is 12.8 Å². The molecule has 2 rings (SSSR count). The van der Waals surface area contributed by atoms with Crippen LogP contribution in [0.15, 0.2) is 29.3 Å². The van der Waals surface area contributed by atoms with E-state index < -0.39 is 13.0 Å². The molecule has 0 heterocycles. The van der Waals surface area contributed by atoms with Crippen molar-refractivity contribution in [3.8, 4) is 0 Å². The van der Waals surface area contributed by atoms with Crippen LogP contribution in [0.3, 0.4) is 0 Å². The molecule has 0 aliphatic heterocycles. The average Bonchev–Trinajstić information content (AvgIpc) is 3.23. The van der Waals surface area contributed by atoms with Gasteiger partial charge in [-0.15, -0.1) is 24.0 Å². The van der Waals surface area contributed by atoms with Crippen LogP contribution in [0.5, 0.6) is 0 Å². The first-order valence-electron chi connectivity index (χ1n) is 7.13. The highest BCUT2D eigenvalue weighted by molar-refractivity contribution is 14.0. The Hall–Kier alpha value is -0.990. The molecule has 0 radical (unpaired) electrons. The monoisotopic (exact) mass is 427 g/mol. The van der Waals surface area contributed by atoms with E-state index >= 15 is 0 Å². The molecule has 1 fully saturated rings. The largest absolute Gasteiger partial charge is 0.357 e. The number of benzene rings is 1. The third-order valence-electron chi connectivity index (χ3n) is 3.61. The van der Waals surface area contributed by atoms with E-state index in [9.17, 15) is 13.2 Å². The number of halogens is 4. The Morgan fingerprint density at radius 1 is 1.27 bits per heavy atom. The zero-order valence-electron chi connectivity index (χ0n) is 12.4. The highest BCUT2D eigenvalue weighted by Crippen LogP contribution is 2.49. The Morgan fingerprint density at radius 3 is 2.50 bits per heavy atom. The topological polar surface area (TPSA) is 36.4 Å². The summed E-state index contributed by atoms with van der Waals surface area (Å²) in [6, 6.07) is 6.69. The zero-order valence-corrected chi connectivity index (χ0v) is 14.7. The predicted molar refractivity (Wildman–Crippen MR) is 92.7 cm³/mol. The van der Waals surface area contributed by atoms with Crippen molar-refractivity contribution in [3.05, 3.63) is 35.6 Å². The summed E-state index contributed by atoms with van der Waals surface area (Å²) >= 11 is 0. The van der Waals surface area contributed by atoms with Gasteiger partial charge in [-0.2, -0.15) is 0 Å². The van der Waals surface area contributed by atoms with Crippen molar-refractivity contribution >= 4 is 29.9 Å². The number of hydrogen-bond acceptors (Lipinski definition) is 1. The Bertz CT molecular complexity index is 505. The van der Waals surface area contributed by atoms with Gasteiger partial charge < -0.3 is 10.6 Å². The van der Waals surface area contributed by atoms with E-state index in [1.165, 1.54) is 6.07 Å². The molecule has 0 atom stereocenters. The molecular formula is C15H21F3IN3. The number of nitrogens with zero attached hydrogens (tertiary/aromatic N) is 1. The average molecular weight is 427 g/mol. The van der Waals surface area contributed by atoms with Gasteiger partial charge in [0.1, 0.15) is 5.82 Å². The number of guanidine groups is 1. The lowest BCUT2D eigenvalue weighted by atomic mass is 9.95. The quantitative estimate of drug-likeness (QED) is 0.416. The fraction of sp³-hybridized carbons (Fsp3) is 0.533. The number of rotatable bonds is 6. The van der Waals surface area contributed by atoms with Crippen molar-refractivity contribution in [1.29, 1.82) is 0 Å². The molecule has 0 unspecified atom stereocenters. The van der Waals surface area contributed by atoms with Gasteiger partial charge in [0.25, 0.3) is 6.43 Å². The molecule has 7 heteroatoms. The van der Waals surface area contributed by atoms with Crippen molar-refractivity contribution in [2.24, 2.45) is 4.99 Å². The fourth-order valence-corrected chi connectivity index (χ4v) is 2.30. The molecule has 0 aromatic heterocycles. The van der Waals surface area contributed by atoms with Crippen LogP contribution in [-0.4, -0.2) is 32.0 Å². The third-order valence-corrected chi connectivity index (χ3v) is 3.61. The van der Waals surface area contributed by atoms with Crippen LogP contribution in [0.4, 0.5) is 13.2 Å². The maximum atomic E-state index is 13.9. The van der Waals surface area contributed by atoms with E-state index in [0.29, 0.717) is 24.6 Å². The molecule has 1 aromatic carbocycles. The molecule has 3 nitrogen and oxygen atoms in total. The molecule has 0 spiro atoms. The van der Waals surface area contributed by atoms with Crippen LogP contribution in [0.1, 0.15) is 25.3 Å². The maximum Gasteiger partial charge on any atom is 0.255 e. The Morgan fingerprint density at radius 2 is 1.95 bits per heavy atom. The van der Waals surface area contributed by atoms with Gasteiger partial charge in [-0.3, -0.25) is 4.99 Å². The van der Waals surface area contributed by atoms with Gasteiger partial charge in [0, 0.05) is 12.0 Å². The first-order valence-corrected chi connectivity index (χ1v) is 7.13. The summed E-state index contributed by atoms with van der Waals surface area (Å²) in [5, 5.41) is 5.50. The van der Waals surface area contributed by atoms with Gasteiger partial charge in [-0.1, -0.05) is 18.2 Å². The van der Waals surface area contributed by atoms with E-state index in [-0.39, 0.29) is 35.2 Å². The first kappa shape index (κ1) is 19.1. The van der Waals surface area contributed by atoms with Gasteiger partial charge in [-0.25, -0.2) is 13.2 Å². The van der Waals surface area contributed by atoms with E-state index in [2.05, 4.69) is 15.6 Å². The van der Waals surface area contributed by atoms with Crippen LogP contribution in [-0.2, 0) is 5.41 Å². The molecule has 1 aliphatic carbocycles. The number of nitrogens with one attached hydrogen (secondary N) is 2. The van der Waals surface area contributed by atoms with Gasteiger partial charge in [-0.05, 0) is 31.4 Å². The van der Waals surface area contributed by atoms with Crippen molar-refractivity contribution in [1.82, 2.24) is 10.6 Å². The molecule has 0 saturated heterocycles. The lowest BCUT2D eigenvalue weighted by molar-refractivity contribution is 0.152. The highest BCUT2D eigenvalue weighted by atomic mass is 127. The van der Waals surface area contributed by atoms with E-state index in [4.69, 9.17) is 0 Å². The van der Waals surface area contributed by atoms with Gasteiger partial charge in [0.2, 0.25) is 0 Å². The van der Waals surface area contributed by atoms with Crippen LogP contribution in [0.25, 0.3) is 0 Å². The normalized spacial score (nSPS) is 16.1. The summed E-state index contributed by atoms with van der Waals surface area (Å²) in [5.74, 6) is 0.121. The fourth-order valence-electron chi connectivity index (χ4n) is 2.30. The van der Waals surface area contributed by atoms with Crippen molar-refractivity contribution in [2.75, 3.05) is 19.6 Å². The summed E-state index contributed by atoms with van der Waals surface area (Å²) in [5.41, 5.74) is 0.386. The summed E-state index contributed by atoms with van der Waals surface area (Å²) < 4.78 is 38.4. The molecular weight excluding hydrogens is 406 g/mol. The number of hydrogen-bond donors (Lipinski definition) is 2. The summed E-state index contributed by atoms with van der Waals surface area (Å²) in [6.07, 6.45) is -0.701. The lowest BCUT2D eigenvalue weighted by Gasteiger charge is -2.16. The summed E-state index contributed by atoms with van der Waals surface area (Å²) in [7, 11) is 0. The Kier molecular flexibility index (Phi) is 7.44. The van der Waals surface area contributed by atoms with Crippen LogP contribution < -0.4 is 10.6 Å². The number of alkyl halides is 2. The van der Waals surface area contributed by atoms with E-state index in [1.54, 1.807) is 12.1 Å². The molecule has 0 bridgehead atoms. The molecule has 2 N–H and O–H groups in total. The highest BCUT2D eigenvalue weighted by Gasteiger charge is 2.45. The van der Waals surface area contributed by atoms with Gasteiger partial charge in [0.15, 0.2) is 5.96 Å². The zero-order chi connectivity index (χ0) is 15.3. The standard InChI is InChI=1S/C15H20F3N3.HI/c1-2-19-14(20-9-13(17)18)21-10-15(7-8-15)11-5-3-4-6-12(11)16;/h3-6,13H,2,7-10H2,1H3,(H2,19,20,21);1H. The van der Waals surface area contributed by atoms with Crippen molar-refractivity contribution < 1.29 is 13.2 Å². The van der Waals surface area contributed by atoms with Crippen LogP contribution in [0, 0.1) is 5.82 Å². The third kappa shape index (κ3) is 5.03. The maximum absolute atomic E-state index is 13.9. The minimum Gasteiger partial charge on any atom is -0.357 e. The smallest absolute Gasteiger partial charge is 0.255 e. The Labute approximate surface area is 145 Å². The lowest BCUT2D eigenvalue weighted by Crippen LogP contribution is -2.40. The number of aliphatic imine (C=N–C) groups is 1. The molecule has 1 aromatic rings. The van der Waals surface area contributed by atoms with E-state index in [1.807, 2.05) is 13.0 Å². The summed E-state index contributed by atoms with van der Waals surface area (Å²) in [4.78, 5) is 4.33. The van der Waals surface area contributed by atoms with Crippen LogP contribution >= 0.6 is 24.0 Å². The molecule has 0 amide bonds. The molecule has 124 valence electrons. The second kappa shape index (κ2) is 8.59.